The van der Waals surface area contributed by atoms with Gasteiger partial charge in [-0.1, -0.05) is 64.7 Å². The summed E-state index contributed by atoms with van der Waals surface area (Å²) in [5, 5.41) is 0. The second kappa shape index (κ2) is 14.2. The van der Waals surface area contributed by atoms with Gasteiger partial charge >= 0.3 is 11.9 Å². The zero-order valence-corrected chi connectivity index (χ0v) is 17.3. The largest absolute Gasteiger partial charge is 0.462 e. The van der Waals surface area contributed by atoms with Crippen molar-refractivity contribution in [1.29, 1.82) is 0 Å². The molecule has 0 aliphatic rings. The molecule has 1 aromatic rings. The average Bonchev–Trinajstić information content (AvgIpc) is 2.65. The lowest BCUT2D eigenvalue weighted by molar-refractivity contribution is 0.0376. The van der Waals surface area contributed by atoms with E-state index in [9.17, 15) is 9.59 Å². The van der Waals surface area contributed by atoms with Gasteiger partial charge in [-0.15, -0.1) is 0 Å². The van der Waals surface area contributed by atoms with Crippen molar-refractivity contribution in [2.24, 2.45) is 0 Å². The molecule has 0 spiro atoms. The lowest BCUT2D eigenvalue weighted by Crippen LogP contribution is -2.12. The quantitative estimate of drug-likeness (QED) is 0.281. The lowest BCUT2D eigenvalue weighted by Gasteiger charge is -2.08. The average molecular weight is 377 g/mol. The Balaban J connectivity index is 2.12. The summed E-state index contributed by atoms with van der Waals surface area (Å²) in [5.74, 6) is -0.718. The van der Waals surface area contributed by atoms with Crippen LogP contribution < -0.4 is 0 Å². The van der Waals surface area contributed by atoms with Crippen LogP contribution in [-0.2, 0) is 9.47 Å². The molecule has 0 N–H and O–H groups in total. The molecule has 1 aromatic carbocycles. The van der Waals surface area contributed by atoms with Gasteiger partial charge in [-0.2, -0.15) is 0 Å². The number of unbranched alkanes of at least 4 members (excludes halogenated alkanes) is 9. The third kappa shape index (κ3) is 10.8. The minimum absolute atomic E-state index is 0.164. The maximum Gasteiger partial charge on any atom is 0.338 e. The molecule has 152 valence electrons. The van der Waals surface area contributed by atoms with Gasteiger partial charge in [0.25, 0.3) is 0 Å². The number of esters is 2. The Morgan fingerprint density at radius 3 is 1.67 bits per heavy atom. The van der Waals surface area contributed by atoms with E-state index in [1.165, 1.54) is 51.4 Å². The molecule has 0 radical (unpaired) electrons. The van der Waals surface area contributed by atoms with Crippen LogP contribution in [0.3, 0.4) is 0 Å². The summed E-state index contributed by atoms with van der Waals surface area (Å²) in [5.41, 5.74) is 0.901. The van der Waals surface area contributed by atoms with E-state index in [1.807, 2.05) is 0 Å². The standard InChI is InChI=1S/C23H36O4/c1-4-5-6-7-8-9-10-11-12-13-18-26-22(24)20-14-16-21(17-15-20)23(25)27-19(2)3/h14-17,19H,4-13,18H2,1-3H3. The first-order valence-corrected chi connectivity index (χ1v) is 10.5. The molecule has 4 heteroatoms. The molecule has 0 heterocycles. The maximum absolute atomic E-state index is 12.0. The summed E-state index contributed by atoms with van der Waals surface area (Å²) < 4.78 is 10.4. The first-order chi connectivity index (χ1) is 13.0. The molecule has 1 rings (SSSR count). The maximum atomic E-state index is 12.0. The molecule has 0 fully saturated rings. The summed E-state index contributed by atoms with van der Waals surface area (Å²) >= 11 is 0. The van der Waals surface area contributed by atoms with E-state index in [0.29, 0.717) is 17.7 Å². The summed E-state index contributed by atoms with van der Waals surface area (Å²) in [6, 6.07) is 6.42. The third-order valence-electron chi connectivity index (χ3n) is 4.43. The van der Waals surface area contributed by atoms with Crippen LogP contribution in [0.4, 0.5) is 0 Å². The highest BCUT2D eigenvalue weighted by Gasteiger charge is 2.11. The number of hydrogen-bond acceptors (Lipinski definition) is 4. The second-order valence-corrected chi connectivity index (χ2v) is 7.35. The second-order valence-electron chi connectivity index (χ2n) is 7.35. The summed E-state index contributed by atoms with van der Waals surface area (Å²) in [6.45, 7) is 6.30. The first-order valence-electron chi connectivity index (χ1n) is 10.5. The third-order valence-corrected chi connectivity index (χ3v) is 4.43. The van der Waals surface area contributed by atoms with E-state index in [2.05, 4.69) is 6.92 Å². The van der Waals surface area contributed by atoms with Crippen LogP contribution >= 0.6 is 0 Å². The Hall–Kier alpha value is -1.84. The summed E-state index contributed by atoms with van der Waals surface area (Å²) in [6.07, 6.45) is 12.4. The molecule has 0 saturated heterocycles. The molecule has 0 amide bonds. The van der Waals surface area contributed by atoms with Gasteiger partial charge in [0.1, 0.15) is 0 Å². The van der Waals surface area contributed by atoms with E-state index < -0.39 is 0 Å². The molecule has 0 bridgehead atoms. The van der Waals surface area contributed by atoms with E-state index in [4.69, 9.17) is 9.47 Å². The minimum Gasteiger partial charge on any atom is -0.462 e. The number of rotatable bonds is 14. The normalized spacial score (nSPS) is 10.8. The van der Waals surface area contributed by atoms with Crippen molar-refractivity contribution >= 4 is 11.9 Å². The Labute approximate surface area is 164 Å². The molecule has 0 aromatic heterocycles. The van der Waals surface area contributed by atoms with Crippen molar-refractivity contribution in [2.75, 3.05) is 6.61 Å². The van der Waals surface area contributed by atoms with Crippen LogP contribution in [0.5, 0.6) is 0 Å². The summed E-state index contributed by atoms with van der Waals surface area (Å²) in [7, 11) is 0. The molecule has 4 nitrogen and oxygen atoms in total. The molecule has 0 saturated carbocycles. The van der Waals surface area contributed by atoms with Gasteiger partial charge in [0.05, 0.1) is 23.8 Å². The fourth-order valence-corrected chi connectivity index (χ4v) is 2.86. The molecule has 27 heavy (non-hydrogen) atoms. The fourth-order valence-electron chi connectivity index (χ4n) is 2.86. The molecule has 0 aliphatic carbocycles. The number of carbonyl (C=O) groups excluding carboxylic acids is 2. The van der Waals surface area contributed by atoms with Gasteiger partial charge in [-0.3, -0.25) is 0 Å². The lowest BCUT2D eigenvalue weighted by atomic mass is 10.1. The number of carbonyl (C=O) groups is 2. The highest BCUT2D eigenvalue weighted by Crippen LogP contribution is 2.12. The van der Waals surface area contributed by atoms with E-state index >= 15 is 0 Å². The van der Waals surface area contributed by atoms with Crippen molar-refractivity contribution in [3.63, 3.8) is 0 Å². The van der Waals surface area contributed by atoms with E-state index in [-0.39, 0.29) is 18.0 Å². The van der Waals surface area contributed by atoms with Crippen LogP contribution in [0, 0.1) is 0 Å². The van der Waals surface area contributed by atoms with Crippen LogP contribution in [0.1, 0.15) is 106 Å². The van der Waals surface area contributed by atoms with Crippen molar-refractivity contribution in [2.45, 2.75) is 91.1 Å². The van der Waals surface area contributed by atoms with Crippen molar-refractivity contribution < 1.29 is 19.1 Å². The molecule has 0 atom stereocenters. The Bertz CT molecular complexity index is 534. The number of benzene rings is 1. The van der Waals surface area contributed by atoms with Crippen LogP contribution in [-0.4, -0.2) is 24.6 Å². The van der Waals surface area contributed by atoms with Gasteiger partial charge in [0.15, 0.2) is 0 Å². The number of ether oxygens (including phenoxy) is 2. The minimum atomic E-state index is -0.379. The van der Waals surface area contributed by atoms with E-state index in [1.54, 1.807) is 38.1 Å². The first kappa shape index (κ1) is 23.2. The van der Waals surface area contributed by atoms with Gasteiger partial charge in [-0.05, 0) is 44.5 Å². The van der Waals surface area contributed by atoms with Crippen LogP contribution in [0.2, 0.25) is 0 Å². The molecular formula is C23H36O4. The zero-order chi connectivity index (χ0) is 19.9. The fraction of sp³-hybridized carbons (Fsp3) is 0.652. The predicted octanol–water partition coefficient (Wildman–Crippen LogP) is 6.33. The Morgan fingerprint density at radius 2 is 1.19 bits per heavy atom. The van der Waals surface area contributed by atoms with Gasteiger partial charge < -0.3 is 9.47 Å². The van der Waals surface area contributed by atoms with Crippen molar-refractivity contribution in [3.05, 3.63) is 35.4 Å². The summed E-state index contributed by atoms with van der Waals surface area (Å²) in [4.78, 5) is 23.8. The number of hydrogen-bond donors (Lipinski definition) is 0. The van der Waals surface area contributed by atoms with Crippen molar-refractivity contribution in [3.8, 4) is 0 Å². The van der Waals surface area contributed by atoms with Gasteiger partial charge in [0, 0.05) is 0 Å². The SMILES string of the molecule is CCCCCCCCCCCCOC(=O)c1ccc(C(=O)OC(C)C)cc1. The Kier molecular flexibility index (Phi) is 12.2. The van der Waals surface area contributed by atoms with Gasteiger partial charge in [0.2, 0.25) is 0 Å². The smallest absolute Gasteiger partial charge is 0.338 e. The molecule has 0 unspecified atom stereocenters. The predicted molar refractivity (Wildman–Crippen MR) is 109 cm³/mol. The highest BCUT2D eigenvalue weighted by molar-refractivity contribution is 5.93. The van der Waals surface area contributed by atoms with Crippen molar-refractivity contribution in [1.82, 2.24) is 0 Å². The monoisotopic (exact) mass is 376 g/mol. The van der Waals surface area contributed by atoms with Crippen LogP contribution in [0.15, 0.2) is 24.3 Å². The highest BCUT2D eigenvalue weighted by atomic mass is 16.5. The van der Waals surface area contributed by atoms with E-state index in [0.717, 1.165) is 12.8 Å². The van der Waals surface area contributed by atoms with Gasteiger partial charge in [-0.25, -0.2) is 9.59 Å². The molecule has 0 aliphatic heterocycles. The molecular weight excluding hydrogens is 340 g/mol. The van der Waals surface area contributed by atoms with Crippen LogP contribution in [0.25, 0.3) is 0 Å². The topological polar surface area (TPSA) is 52.6 Å². The zero-order valence-electron chi connectivity index (χ0n) is 17.3. The Morgan fingerprint density at radius 1 is 0.741 bits per heavy atom.